The molecule has 0 spiro atoms. The number of rotatable bonds is 1. The Balaban J connectivity index is 0.000000853. The van der Waals surface area contributed by atoms with Crippen molar-refractivity contribution in [2.24, 2.45) is 0 Å². The van der Waals surface area contributed by atoms with Crippen LogP contribution in [0.25, 0.3) is 10.8 Å². The van der Waals surface area contributed by atoms with E-state index in [2.05, 4.69) is 34.6 Å². The Kier molecular flexibility index (Phi) is 2.89. The largest absolute Gasteiger partial charge is 0.315 e. The average molecular weight is 221 g/mol. The van der Waals surface area contributed by atoms with Crippen molar-refractivity contribution in [3.05, 3.63) is 42.2 Å². The van der Waals surface area contributed by atoms with Gasteiger partial charge in [0.2, 0.25) is 0 Å². The summed E-state index contributed by atoms with van der Waals surface area (Å²) in [6, 6.07) is 8.57. The lowest BCUT2D eigenvalue weighted by Crippen LogP contribution is -2.39. The van der Waals surface area contributed by atoms with Gasteiger partial charge in [0.25, 0.3) is 0 Å². The van der Waals surface area contributed by atoms with E-state index in [9.17, 15) is 0 Å². The van der Waals surface area contributed by atoms with E-state index in [4.69, 9.17) is 0 Å². The van der Waals surface area contributed by atoms with Crippen LogP contribution in [-0.2, 0) is 0 Å². The molecule has 0 atom stereocenters. The molecule has 1 aliphatic heterocycles. The number of benzene rings is 1. The van der Waals surface area contributed by atoms with Gasteiger partial charge in [-0.2, -0.15) is 0 Å². The smallest absolute Gasteiger partial charge is 0.0349 e. The number of hydrogen-bond donors (Lipinski definition) is 1. The number of halogens is 1. The fraction of sp³-hybridized carbons (Fsp3) is 0.250. The van der Waals surface area contributed by atoms with Gasteiger partial charge in [0, 0.05) is 36.8 Å². The molecule has 0 amide bonds. The summed E-state index contributed by atoms with van der Waals surface area (Å²) >= 11 is 0. The van der Waals surface area contributed by atoms with E-state index >= 15 is 0 Å². The third-order valence-corrected chi connectivity index (χ3v) is 2.94. The minimum atomic E-state index is 0. The molecule has 3 rings (SSSR count). The first-order valence-electron chi connectivity index (χ1n) is 4.98. The zero-order valence-electron chi connectivity index (χ0n) is 8.31. The van der Waals surface area contributed by atoms with E-state index in [-0.39, 0.29) is 12.4 Å². The second-order valence-electron chi connectivity index (χ2n) is 3.80. The molecule has 0 unspecified atom stereocenters. The monoisotopic (exact) mass is 220 g/mol. The van der Waals surface area contributed by atoms with Crippen LogP contribution in [0.2, 0.25) is 0 Å². The fourth-order valence-corrected chi connectivity index (χ4v) is 2.00. The van der Waals surface area contributed by atoms with Crippen LogP contribution >= 0.6 is 12.4 Å². The van der Waals surface area contributed by atoms with Gasteiger partial charge in [-0.1, -0.05) is 18.2 Å². The van der Waals surface area contributed by atoms with Crippen LogP contribution in [0, 0.1) is 0 Å². The van der Waals surface area contributed by atoms with Gasteiger partial charge in [-0.05, 0) is 17.0 Å². The average Bonchev–Trinajstić information content (AvgIpc) is 2.16. The van der Waals surface area contributed by atoms with E-state index in [0.29, 0.717) is 5.92 Å². The standard InChI is InChI=1S/C12H12N2.ClH/c1-2-9-4-5-13-8-12(9)11(3-1)10-6-14-7-10;/h1-5,8,10,14H,6-7H2;1H. The van der Waals surface area contributed by atoms with Gasteiger partial charge in [0.1, 0.15) is 0 Å². The number of nitrogens with zero attached hydrogens (tertiary/aromatic N) is 1. The molecule has 1 saturated heterocycles. The molecular weight excluding hydrogens is 208 g/mol. The van der Waals surface area contributed by atoms with Crippen LogP contribution < -0.4 is 5.32 Å². The summed E-state index contributed by atoms with van der Waals surface area (Å²) < 4.78 is 0. The molecule has 2 heterocycles. The van der Waals surface area contributed by atoms with E-state index in [1.54, 1.807) is 0 Å². The lowest BCUT2D eigenvalue weighted by Gasteiger charge is -2.28. The lowest BCUT2D eigenvalue weighted by atomic mass is 9.90. The molecule has 1 aliphatic rings. The summed E-state index contributed by atoms with van der Waals surface area (Å²) in [4.78, 5) is 4.19. The Hall–Kier alpha value is -1.12. The van der Waals surface area contributed by atoms with E-state index in [1.807, 2.05) is 12.4 Å². The molecule has 0 bridgehead atoms. The van der Waals surface area contributed by atoms with E-state index < -0.39 is 0 Å². The Bertz CT molecular complexity index is 461. The predicted molar refractivity (Wildman–Crippen MR) is 64.6 cm³/mol. The highest BCUT2D eigenvalue weighted by molar-refractivity contribution is 5.85. The third kappa shape index (κ3) is 1.71. The minimum Gasteiger partial charge on any atom is -0.315 e. The molecule has 1 fully saturated rings. The van der Waals surface area contributed by atoms with Crippen molar-refractivity contribution < 1.29 is 0 Å². The maximum absolute atomic E-state index is 4.19. The topological polar surface area (TPSA) is 24.9 Å². The summed E-state index contributed by atoms with van der Waals surface area (Å²) in [7, 11) is 0. The predicted octanol–water partition coefficient (Wildman–Crippen LogP) is 2.34. The van der Waals surface area contributed by atoms with Crippen LogP contribution in [0.4, 0.5) is 0 Å². The molecule has 15 heavy (non-hydrogen) atoms. The van der Waals surface area contributed by atoms with E-state index in [0.717, 1.165) is 13.1 Å². The summed E-state index contributed by atoms with van der Waals surface area (Å²) in [6.07, 6.45) is 3.83. The van der Waals surface area contributed by atoms with Gasteiger partial charge in [-0.25, -0.2) is 0 Å². The van der Waals surface area contributed by atoms with Crippen molar-refractivity contribution >= 4 is 23.2 Å². The van der Waals surface area contributed by atoms with Crippen molar-refractivity contribution in [1.29, 1.82) is 0 Å². The molecule has 1 aromatic heterocycles. The zero-order valence-corrected chi connectivity index (χ0v) is 9.13. The summed E-state index contributed by atoms with van der Waals surface area (Å²) in [6.45, 7) is 2.21. The number of nitrogens with one attached hydrogen (secondary N) is 1. The van der Waals surface area contributed by atoms with E-state index in [1.165, 1.54) is 16.3 Å². The molecule has 0 saturated carbocycles. The van der Waals surface area contributed by atoms with Crippen molar-refractivity contribution in [1.82, 2.24) is 10.3 Å². The second kappa shape index (κ2) is 4.17. The highest BCUT2D eigenvalue weighted by atomic mass is 35.5. The minimum absolute atomic E-state index is 0. The van der Waals surface area contributed by atoms with Crippen molar-refractivity contribution in [3.8, 4) is 0 Å². The Labute approximate surface area is 95.1 Å². The first-order chi connectivity index (χ1) is 6.95. The summed E-state index contributed by atoms with van der Waals surface area (Å²) in [5.74, 6) is 0.683. The molecule has 78 valence electrons. The zero-order chi connectivity index (χ0) is 9.38. The van der Waals surface area contributed by atoms with Crippen LogP contribution in [0.3, 0.4) is 0 Å². The van der Waals surface area contributed by atoms with Crippen LogP contribution in [0.5, 0.6) is 0 Å². The molecular formula is C12H13ClN2. The molecule has 2 nitrogen and oxygen atoms in total. The number of pyridine rings is 1. The van der Waals surface area contributed by atoms with Crippen LogP contribution in [0.1, 0.15) is 11.5 Å². The molecule has 2 aromatic rings. The normalized spacial score (nSPS) is 15.7. The maximum atomic E-state index is 4.19. The second-order valence-corrected chi connectivity index (χ2v) is 3.80. The van der Waals surface area contributed by atoms with Gasteiger partial charge in [-0.15, -0.1) is 12.4 Å². The highest BCUT2D eigenvalue weighted by Gasteiger charge is 2.20. The number of aromatic nitrogens is 1. The maximum Gasteiger partial charge on any atom is 0.0349 e. The quantitative estimate of drug-likeness (QED) is 0.798. The Morgan fingerprint density at radius 3 is 2.80 bits per heavy atom. The van der Waals surface area contributed by atoms with Crippen molar-refractivity contribution in [3.63, 3.8) is 0 Å². The van der Waals surface area contributed by atoms with Crippen molar-refractivity contribution in [2.45, 2.75) is 5.92 Å². The fourth-order valence-electron chi connectivity index (χ4n) is 2.00. The molecule has 0 radical (unpaired) electrons. The summed E-state index contributed by atoms with van der Waals surface area (Å²) in [5, 5.41) is 5.91. The number of hydrogen-bond acceptors (Lipinski definition) is 2. The first-order valence-corrected chi connectivity index (χ1v) is 4.98. The Morgan fingerprint density at radius 2 is 2.07 bits per heavy atom. The molecule has 3 heteroatoms. The molecule has 0 aliphatic carbocycles. The van der Waals surface area contributed by atoms with Gasteiger partial charge < -0.3 is 5.32 Å². The Morgan fingerprint density at radius 1 is 1.20 bits per heavy atom. The summed E-state index contributed by atoms with van der Waals surface area (Å²) in [5.41, 5.74) is 1.44. The van der Waals surface area contributed by atoms with Crippen LogP contribution in [-0.4, -0.2) is 18.1 Å². The van der Waals surface area contributed by atoms with Gasteiger partial charge in [0.05, 0.1) is 0 Å². The number of fused-ring (bicyclic) bond motifs is 1. The SMILES string of the molecule is Cl.c1cc(C2CNC2)c2cnccc2c1. The van der Waals surface area contributed by atoms with Gasteiger partial charge in [-0.3, -0.25) is 4.98 Å². The van der Waals surface area contributed by atoms with Crippen LogP contribution in [0.15, 0.2) is 36.7 Å². The first kappa shape index (κ1) is 10.4. The van der Waals surface area contributed by atoms with Gasteiger partial charge >= 0.3 is 0 Å². The molecule has 1 N–H and O–H groups in total. The van der Waals surface area contributed by atoms with Gasteiger partial charge in [0.15, 0.2) is 0 Å². The van der Waals surface area contributed by atoms with Crippen molar-refractivity contribution in [2.75, 3.05) is 13.1 Å². The lowest BCUT2D eigenvalue weighted by molar-refractivity contribution is 0.451. The highest BCUT2D eigenvalue weighted by Crippen LogP contribution is 2.27. The third-order valence-electron chi connectivity index (χ3n) is 2.94. The molecule has 1 aromatic carbocycles.